The van der Waals surface area contributed by atoms with Crippen LogP contribution in [0.4, 0.5) is 0 Å². The van der Waals surface area contributed by atoms with E-state index in [0.29, 0.717) is 12.8 Å². The Hall–Kier alpha value is -0.180. The third-order valence-electron chi connectivity index (χ3n) is 2.74. The standard InChI is InChI=1S/C10H23NO5S2/c1-4-10(5-2)11(6-7-12)18(15,16)9-8-17(3,13)14/h10,12H,4-9H2,1-3H3. The first kappa shape index (κ1) is 17.8. The first-order valence-corrected chi connectivity index (χ1v) is 9.63. The number of hydrogen-bond donors (Lipinski definition) is 1. The summed E-state index contributed by atoms with van der Waals surface area (Å²) in [4.78, 5) is 0. The van der Waals surface area contributed by atoms with Crippen molar-refractivity contribution in [3.63, 3.8) is 0 Å². The number of aliphatic hydroxyl groups excluding tert-OH is 1. The number of nitrogens with zero attached hydrogens (tertiary/aromatic N) is 1. The van der Waals surface area contributed by atoms with Gasteiger partial charge in [0.1, 0.15) is 9.84 Å². The van der Waals surface area contributed by atoms with E-state index in [0.717, 1.165) is 6.26 Å². The van der Waals surface area contributed by atoms with E-state index in [4.69, 9.17) is 5.11 Å². The summed E-state index contributed by atoms with van der Waals surface area (Å²) >= 11 is 0. The van der Waals surface area contributed by atoms with Crippen molar-refractivity contribution in [2.75, 3.05) is 30.9 Å². The van der Waals surface area contributed by atoms with Gasteiger partial charge in [0.2, 0.25) is 10.0 Å². The Labute approximate surface area is 110 Å². The van der Waals surface area contributed by atoms with E-state index in [1.165, 1.54) is 4.31 Å². The van der Waals surface area contributed by atoms with Gasteiger partial charge >= 0.3 is 0 Å². The molecule has 8 heteroatoms. The van der Waals surface area contributed by atoms with Crippen LogP contribution in [0, 0.1) is 0 Å². The molecule has 0 aliphatic heterocycles. The highest BCUT2D eigenvalue weighted by Gasteiger charge is 2.28. The second kappa shape index (κ2) is 7.42. The molecule has 0 saturated heterocycles. The SMILES string of the molecule is CCC(CC)N(CCO)S(=O)(=O)CCS(C)(=O)=O. The van der Waals surface area contributed by atoms with Crippen LogP contribution in [0.3, 0.4) is 0 Å². The number of rotatable bonds is 9. The average Bonchev–Trinajstić information content (AvgIpc) is 2.26. The Morgan fingerprint density at radius 3 is 1.89 bits per heavy atom. The largest absolute Gasteiger partial charge is 0.395 e. The summed E-state index contributed by atoms with van der Waals surface area (Å²) in [6.45, 7) is 3.47. The fraction of sp³-hybridized carbons (Fsp3) is 1.00. The summed E-state index contributed by atoms with van der Waals surface area (Å²) in [5.74, 6) is -0.820. The average molecular weight is 301 g/mol. The molecule has 6 nitrogen and oxygen atoms in total. The maximum absolute atomic E-state index is 12.1. The van der Waals surface area contributed by atoms with Crippen molar-refractivity contribution in [1.29, 1.82) is 0 Å². The van der Waals surface area contributed by atoms with Gasteiger partial charge in [-0.2, -0.15) is 4.31 Å². The number of sulfonamides is 1. The Morgan fingerprint density at radius 2 is 1.56 bits per heavy atom. The second-order valence-electron chi connectivity index (χ2n) is 4.25. The molecule has 0 aromatic carbocycles. The smallest absolute Gasteiger partial charge is 0.215 e. The van der Waals surface area contributed by atoms with Gasteiger partial charge in [0.15, 0.2) is 0 Å². The fourth-order valence-electron chi connectivity index (χ4n) is 1.72. The second-order valence-corrected chi connectivity index (χ2v) is 8.55. The molecular weight excluding hydrogens is 278 g/mol. The Kier molecular flexibility index (Phi) is 7.34. The third-order valence-corrected chi connectivity index (χ3v) is 5.86. The quantitative estimate of drug-likeness (QED) is 0.639. The van der Waals surface area contributed by atoms with Crippen molar-refractivity contribution in [1.82, 2.24) is 4.31 Å². The van der Waals surface area contributed by atoms with Crippen LogP contribution in [0.25, 0.3) is 0 Å². The van der Waals surface area contributed by atoms with Crippen LogP contribution in [0.5, 0.6) is 0 Å². The lowest BCUT2D eigenvalue weighted by Gasteiger charge is -2.28. The molecule has 0 heterocycles. The summed E-state index contributed by atoms with van der Waals surface area (Å²) in [6, 6.07) is -0.193. The van der Waals surface area contributed by atoms with Gasteiger partial charge in [-0.05, 0) is 12.8 Å². The Balaban J connectivity index is 4.97. The molecule has 0 aromatic rings. The molecule has 0 atom stereocenters. The molecular formula is C10H23NO5S2. The third kappa shape index (κ3) is 6.12. The minimum absolute atomic E-state index is 0.0123. The lowest BCUT2D eigenvalue weighted by molar-refractivity contribution is 0.220. The molecule has 0 unspecified atom stereocenters. The van der Waals surface area contributed by atoms with Crippen molar-refractivity contribution < 1.29 is 21.9 Å². The summed E-state index contributed by atoms with van der Waals surface area (Å²) in [7, 11) is -6.96. The van der Waals surface area contributed by atoms with Crippen molar-refractivity contribution in [3.05, 3.63) is 0 Å². The molecule has 0 bridgehead atoms. The van der Waals surface area contributed by atoms with Crippen LogP contribution in [0.15, 0.2) is 0 Å². The van der Waals surface area contributed by atoms with Crippen LogP contribution in [-0.4, -0.2) is 63.2 Å². The first-order chi connectivity index (χ1) is 8.18. The minimum Gasteiger partial charge on any atom is -0.395 e. The first-order valence-electron chi connectivity index (χ1n) is 5.96. The Morgan fingerprint density at radius 1 is 1.06 bits per heavy atom. The summed E-state index contributed by atoms with van der Waals surface area (Å²) in [6.07, 6.45) is 2.28. The lowest BCUT2D eigenvalue weighted by Crippen LogP contribution is -2.43. The van der Waals surface area contributed by atoms with Crippen molar-refractivity contribution >= 4 is 19.9 Å². The van der Waals surface area contributed by atoms with Crippen LogP contribution in [-0.2, 0) is 19.9 Å². The summed E-state index contributed by atoms with van der Waals surface area (Å²) in [5, 5.41) is 8.94. The molecule has 18 heavy (non-hydrogen) atoms. The van der Waals surface area contributed by atoms with E-state index in [2.05, 4.69) is 0 Å². The lowest BCUT2D eigenvalue weighted by atomic mass is 10.2. The highest BCUT2D eigenvalue weighted by Crippen LogP contribution is 2.14. The van der Waals surface area contributed by atoms with Crippen LogP contribution < -0.4 is 0 Å². The van der Waals surface area contributed by atoms with Gasteiger partial charge < -0.3 is 5.11 Å². The molecule has 0 aliphatic carbocycles. The molecule has 0 spiro atoms. The minimum atomic E-state index is -3.65. The van der Waals surface area contributed by atoms with E-state index in [9.17, 15) is 16.8 Å². The molecule has 0 amide bonds. The van der Waals surface area contributed by atoms with Crippen LogP contribution in [0.2, 0.25) is 0 Å². The molecule has 0 aromatic heterocycles. The normalized spacial score (nSPS) is 13.4. The highest BCUT2D eigenvalue weighted by atomic mass is 32.2. The van der Waals surface area contributed by atoms with E-state index in [1.807, 2.05) is 13.8 Å². The van der Waals surface area contributed by atoms with Crippen LogP contribution in [0.1, 0.15) is 26.7 Å². The summed E-state index contributed by atoms with van der Waals surface area (Å²) < 4.78 is 47.4. The van der Waals surface area contributed by atoms with E-state index in [1.54, 1.807) is 0 Å². The molecule has 1 N–H and O–H groups in total. The van der Waals surface area contributed by atoms with Gasteiger partial charge in [0.05, 0.1) is 18.1 Å². The predicted molar refractivity (Wildman–Crippen MR) is 71.7 cm³/mol. The van der Waals surface area contributed by atoms with Gasteiger partial charge in [0, 0.05) is 18.8 Å². The van der Waals surface area contributed by atoms with Gasteiger partial charge in [-0.15, -0.1) is 0 Å². The highest BCUT2D eigenvalue weighted by molar-refractivity contribution is 7.93. The molecule has 0 aliphatic rings. The topological polar surface area (TPSA) is 91.8 Å². The monoisotopic (exact) mass is 301 g/mol. The van der Waals surface area contributed by atoms with E-state index in [-0.39, 0.29) is 19.2 Å². The molecule has 0 rings (SSSR count). The number of sulfone groups is 1. The van der Waals surface area contributed by atoms with Crippen LogP contribution >= 0.6 is 0 Å². The fourth-order valence-corrected chi connectivity index (χ4v) is 5.12. The molecule has 0 radical (unpaired) electrons. The van der Waals surface area contributed by atoms with Gasteiger partial charge in [-0.25, -0.2) is 16.8 Å². The van der Waals surface area contributed by atoms with E-state index < -0.39 is 31.4 Å². The molecule has 110 valence electrons. The maximum Gasteiger partial charge on any atom is 0.215 e. The van der Waals surface area contributed by atoms with E-state index >= 15 is 0 Å². The number of aliphatic hydroxyl groups is 1. The maximum atomic E-state index is 12.1. The zero-order valence-corrected chi connectivity index (χ0v) is 12.8. The summed E-state index contributed by atoms with van der Waals surface area (Å²) in [5.41, 5.74) is 0. The van der Waals surface area contributed by atoms with Gasteiger partial charge in [-0.3, -0.25) is 0 Å². The van der Waals surface area contributed by atoms with Crippen molar-refractivity contribution in [2.45, 2.75) is 32.7 Å². The molecule has 0 saturated carbocycles. The Bertz CT molecular complexity index is 425. The number of hydrogen-bond acceptors (Lipinski definition) is 5. The van der Waals surface area contributed by atoms with Gasteiger partial charge in [0.25, 0.3) is 0 Å². The molecule has 0 fully saturated rings. The zero-order valence-electron chi connectivity index (χ0n) is 11.2. The van der Waals surface area contributed by atoms with Crippen molar-refractivity contribution in [2.24, 2.45) is 0 Å². The zero-order chi connectivity index (χ0) is 14.4. The van der Waals surface area contributed by atoms with Gasteiger partial charge in [-0.1, -0.05) is 13.8 Å². The van der Waals surface area contributed by atoms with Crippen molar-refractivity contribution in [3.8, 4) is 0 Å². The predicted octanol–water partition coefficient (Wildman–Crippen LogP) is -0.156.